The summed E-state index contributed by atoms with van der Waals surface area (Å²) in [6, 6.07) is 8.34. The van der Waals surface area contributed by atoms with E-state index in [-0.39, 0.29) is 5.75 Å². The molecule has 6 nitrogen and oxygen atoms in total. The van der Waals surface area contributed by atoms with Gasteiger partial charge in [0.1, 0.15) is 0 Å². The van der Waals surface area contributed by atoms with Gasteiger partial charge >= 0.3 is 0 Å². The van der Waals surface area contributed by atoms with E-state index in [0.717, 1.165) is 18.8 Å². The van der Waals surface area contributed by atoms with Gasteiger partial charge in [-0.2, -0.15) is 0 Å². The normalized spacial score (nSPS) is 12.5. The van der Waals surface area contributed by atoms with Gasteiger partial charge in [-0.3, -0.25) is 4.99 Å². The number of guanidine groups is 1. The van der Waals surface area contributed by atoms with E-state index in [9.17, 15) is 8.42 Å². The molecule has 0 aromatic heterocycles. The summed E-state index contributed by atoms with van der Waals surface area (Å²) in [5.41, 5.74) is 2.59. The van der Waals surface area contributed by atoms with Crippen LogP contribution < -0.4 is 10.6 Å². The number of nitrogens with zero attached hydrogens (tertiary/aromatic N) is 2. The van der Waals surface area contributed by atoms with Crippen molar-refractivity contribution in [3.8, 4) is 0 Å². The summed E-state index contributed by atoms with van der Waals surface area (Å²) in [5.74, 6) is 0.860. The van der Waals surface area contributed by atoms with Gasteiger partial charge in [-0.15, -0.1) is 0 Å². The van der Waals surface area contributed by atoms with E-state index in [4.69, 9.17) is 0 Å². The molecular weight excluding hydrogens is 324 g/mol. The van der Waals surface area contributed by atoms with Crippen molar-refractivity contribution < 1.29 is 8.42 Å². The fourth-order valence-electron chi connectivity index (χ4n) is 2.34. The SMILES string of the molecule is CCc1ccccc1CNC(=NC)NCCCN(C)S(=O)(=O)CC. The largest absolute Gasteiger partial charge is 0.356 e. The van der Waals surface area contributed by atoms with Crippen LogP contribution in [0.4, 0.5) is 0 Å². The number of benzene rings is 1. The van der Waals surface area contributed by atoms with Gasteiger partial charge in [0.15, 0.2) is 5.96 Å². The van der Waals surface area contributed by atoms with Crippen LogP contribution in [0.5, 0.6) is 0 Å². The number of nitrogens with one attached hydrogen (secondary N) is 2. The van der Waals surface area contributed by atoms with Crippen LogP contribution in [0.1, 0.15) is 31.4 Å². The van der Waals surface area contributed by atoms with Crippen LogP contribution in [0.3, 0.4) is 0 Å². The maximum atomic E-state index is 11.7. The average Bonchev–Trinajstić information content (AvgIpc) is 2.61. The van der Waals surface area contributed by atoms with Gasteiger partial charge in [0.05, 0.1) is 5.75 Å². The van der Waals surface area contributed by atoms with Crippen molar-refractivity contribution in [3.63, 3.8) is 0 Å². The number of hydrogen-bond acceptors (Lipinski definition) is 3. The molecule has 24 heavy (non-hydrogen) atoms. The second-order valence-corrected chi connectivity index (χ2v) is 7.91. The van der Waals surface area contributed by atoms with Gasteiger partial charge in [0.2, 0.25) is 10.0 Å². The molecule has 0 heterocycles. The predicted molar refractivity (Wildman–Crippen MR) is 101 cm³/mol. The van der Waals surface area contributed by atoms with Crippen molar-refractivity contribution in [2.24, 2.45) is 4.99 Å². The van der Waals surface area contributed by atoms with E-state index < -0.39 is 10.0 Å². The Hall–Kier alpha value is -1.60. The molecule has 1 aromatic carbocycles. The van der Waals surface area contributed by atoms with Crippen molar-refractivity contribution in [1.82, 2.24) is 14.9 Å². The van der Waals surface area contributed by atoms with Crippen LogP contribution in [-0.2, 0) is 23.0 Å². The van der Waals surface area contributed by atoms with Crippen LogP contribution in [-0.4, -0.2) is 51.6 Å². The first-order chi connectivity index (χ1) is 11.4. The zero-order valence-electron chi connectivity index (χ0n) is 15.2. The Morgan fingerprint density at radius 3 is 2.42 bits per heavy atom. The summed E-state index contributed by atoms with van der Waals surface area (Å²) < 4.78 is 24.8. The second-order valence-electron chi connectivity index (χ2n) is 5.55. The molecule has 0 fully saturated rings. The predicted octanol–water partition coefficient (Wildman–Crippen LogP) is 1.59. The molecule has 0 aliphatic heterocycles. The van der Waals surface area contributed by atoms with Gasteiger partial charge < -0.3 is 10.6 Å². The molecule has 0 atom stereocenters. The molecule has 0 aliphatic carbocycles. The molecule has 0 aliphatic rings. The Morgan fingerprint density at radius 1 is 1.17 bits per heavy atom. The Bertz CT molecular complexity index is 629. The van der Waals surface area contributed by atoms with Crippen LogP contribution in [0, 0.1) is 0 Å². The van der Waals surface area contributed by atoms with E-state index in [1.807, 2.05) is 6.07 Å². The van der Waals surface area contributed by atoms with Crippen molar-refractivity contribution in [1.29, 1.82) is 0 Å². The van der Waals surface area contributed by atoms with E-state index in [0.29, 0.717) is 19.6 Å². The van der Waals surface area contributed by atoms with Crippen LogP contribution in [0.25, 0.3) is 0 Å². The van der Waals surface area contributed by atoms with Crippen LogP contribution in [0.2, 0.25) is 0 Å². The van der Waals surface area contributed by atoms with Crippen LogP contribution in [0.15, 0.2) is 29.3 Å². The van der Waals surface area contributed by atoms with E-state index in [1.54, 1.807) is 21.0 Å². The average molecular weight is 355 g/mol. The minimum Gasteiger partial charge on any atom is -0.356 e. The lowest BCUT2D eigenvalue weighted by atomic mass is 10.1. The molecule has 0 saturated carbocycles. The standard InChI is InChI=1S/C17H30N4O2S/c1-5-15-10-7-8-11-16(15)14-20-17(18-3)19-12-9-13-21(4)24(22,23)6-2/h7-8,10-11H,5-6,9,12-14H2,1-4H3,(H2,18,19,20). The molecule has 1 aromatic rings. The molecule has 1 rings (SSSR count). The quantitative estimate of drug-likeness (QED) is 0.401. The minimum atomic E-state index is -3.10. The number of aliphatic imine (C=N–C) groups is 1. The van der Waals surface area contributed by atoms with Crippen LogP contribution >= 0.6 is 0 Å². The first-order valence-corrected chi connectivity index (χ1v) is 10.0. The summed E-state index contributed by atoms with van der Waals surface area (Å²) in [6.45, 7) is 5.68. The fraction of sp³-hybridized carbons (Fsp3) is 0.588. The second kappa shape index (κ2) is 10.3. The monoisotopic (exact) mass is 354 g/mol. The van der Waals surface area contributed by atoms with Crippen molar-refractivity contribution >= 4 is 16.0 Å². The number of sulfonamides is 1. The van der Waals surface area contributed by atoms with Gasteiger partial charge in [-0.1, -0.05) is 31.2 Å². The van der Waals surface area contributed by atoms with E-state index in [1.165, 1.54) is 15.4 Å². The van der Waals surface area contributed by atoms with Gasteiger partial charge in [-0.25, -0.2) is 12.7 Å². The Labute approximate surface area is 146 Å². The Kier molecular flexibility index (Phi) is 8.78. The molecule has 0 saturated heterocycles. The number of hydrogen-bond donors (Lipinski definition) is 2. The molecule has 0 spiro atoms. The third-order valence-corrected chi connectivity index (χ3v) is 5.81. The summed E-state index contributed by atoms with van der Waals surface area (Å²) in [5, 5.41) is 6.52. The van der Waals surface area contributed by atoms with Crippen molar-refractivity contribution in [2.75, 3.05) is 32.9 Å². The topological polar surface area (TPSA) is 73.8 Å². The maximum absolute atomic E-state index is 11.7. The van der Waals surface area contributed by atoms with Crippen molar-refractivity contribution in [2.45, 2.75) is 33.2 Å². The first-order valence-electron chi connectivity index (χ1n) is 8.39. The van der Waals surface area contributed by atoms with Gasteiger partial charge in [0.25, 0.3) is 0 Å². The highest BCUT2D eigenvalue weighted by Gasteiger charge is 2.13. The highest BCUT2D eigenvalue weighted by Crippen LogP contribution is 2.08. The summed E-state index contributed by atoms with van der Waals surface area (Å²) >= 11 is 0. The lowest BCUT2D eigenvalue weighted by molar-refractivity contribution is 0.461. The molecule has 0 amide bonds. The molecule has 0 unspecified atom stereocenters. The molecule has 136 valence electrons. The Morgan fingerprint density at radius 2 is 1.83 bits per heavy atom. The molecule has 7 heteroatoms. The number of aryl methyl sites for hydroxylation is 1. The molecule has 0 bridgehead atoms. The lowest BCUT2D eigenvalue weighted by Crippen LogP contribution is -2.38. The number of rotatable bonds is 9. The highest BCUT2D eigenvalue weighted by molar-refractivity contribution is 7.89. The van der Waals surface area contributed by atoms with Crippen molar-refractivity contribution in [3.05, 3.63) is 35.4 Å². The smallest absolute Gasteiger partial charge is 0.213 e. The zero-order chi connectivity index (χ0) is 18.0. The third-order valence-electron chi connectivity index (χ3n) is 3.95. The summed E-state index contributed by atoms with van der Waals surface area (Å²) in [7, 11) is 0.251. The molecule has 2 N–H and O–H groups in total. The maximum Gasteiger partial charge on any atom is 0.213 e. The van der Waals surface area contributed by atoms with Gasteiger partial charge in [-0.05, 0) is 30.9 Å². The first kappa shape index (κ1) is 20.4. The van der Waals surface area contributed by atoms with E-state index in [2.05, 4.69) is 40.7 Å². The molecular formula is C17H30N4O2S. The third kappa shape index (κ3) is 6.49. The molecule has 0 radical (unpaired) electrons. The summed E-state index contributed by atoms with van der Waals surface area (Å²) in [4.78, 5) is 4.20. The lowest BCUT2D eigenvalue weighted by Gasteiger charge is -2.17. The van der Waals surface area contributed by atoms with Gasteiger partial charge in [0, 0.05) is 33.7 Å². The summed E-state index contributed by atoms with van der Waals surface area (Å²) in [6.07, 6.45) is 1.73. The Balaban J connectivity index is 2.38. The fourth-order valence-corrected chi connectivity index (χ4v) is 3.19. The minimum absolute atomic E-state index is 0.136. The zero-order valence-corrected chi connectivity index (χ0v) is 16.0. The highest BCUT2D eigenvalue weighted by atomic mass is 32.2. The van der Waals surface area contributed by atoms with E-state index >= 15 is 0 Å².